The molecule has 1 fully saturated rings. The zero-order valence-corrected chi connectivity index (χ0v) is 11.5. The van der Waals surface area contributed by atoms with Crippen LogP contribution >= 0.6 is 11.3 Å². The van der Waals surface area contributed by atoms with E-state index in [1.54, 1.807) is 11.3 Å². The summed E-state index contributed by atoms with van der Waals surface area (Å²) >= 11 is 1.66. The molecule has 1 atom stereocenters. The maximum atomic E-state index is 11.7. The molecule has 1 saturated heterocycles. The summed E-state index contributed by atoms with van der Waals surface area (Å²) < 4.78 is 5.61. The van der Waals surface area contributed by atoms with Gasteiger partial charge in [0.2, 0.25) is 5.91 Å². The summed E-state index contributed by atoms with van der Waals surface area (Å²) in [5.74, 6) is -0.0329. The monoisotopic (exact) mass is 268 g/mol. The highest BCUT2D eigenvalue weighted by molar-refractivity contribution is 7.10. The van der Waals surface area contributed by atoms with Gasteiger partial charge in [0.25, 0.3) is 0 Å². The Kier molecular flexibility index (Phi) is 5.16. The average Bonchev–Trinajstić information content (AvgIpc) is 2.91. The van der Waals surface area contributed by atoms with Crippen LogP contribution in [-0.2, 0) is 9.53 Å². The number of amides is 1. The van der Waals surface area contributed by atoms with Gasteiger partial charge in [0.1, 0.15) is 6.61 Å². The highest BCUT2D eigenvalue weighted by Gasteiger charge is 2.16. The van der Waals surface area contributed by atoms with E-state index in [0.29, 0.717) is 0 Å². The number of hydrogen-bond donors (Lipinski definition) is 2. The number of piperidine rings is 1. The lowest BCUT2D eigenvalue weighted by molar-refractivity contribution is -0.128. The van der Waals surface area contributed by atoms with E-state index in [0.717, 1.165) is 25.9 Å². The Morgan fingerprint density at radius 3 is 3.06 bits per heavy atom. The molecule has 0 spiro atoms. The molecule has 1 amide bonds. The summed E-state index contributed by atoms with van der Waals surface area (Å²) in [6.45, 7) is 4.13. The number of hydrogen-bond acceptors (Lipinski definition) is 4. The molecule has 2 N–H and O–H groups in total. The minimum absolute atomic E-state index is 0.0329. The van der Waals surface area contributed by atoms with E-state index in [1.165, 1.54) is 4.88 Å². The standard InChI is InChI=1S/C13H20N2O2S/c1-10(12-3-2-8-18-12)15-13(16)9-17-11-4-6-14-7-5-11/h2-3,8,10-11,14H,4-7,9H2,1H3,(H,15,16)/t10-/m1/s1. The van der Waals surface area contributed by atoms with Gasteiger partial charge in [-0.1, -0.05) is 6.07 Å². The van der Waals surface area contributed by atoms with Gasteiger partial charge in [0, 0.05) is 4.88 Å². The average molecular weight is 268 g/mol. The first-order valence-corrected chi connectivity index (χ1v) is 7.29. The lowest BCUT2D eigenvalue weighted by Crippen LogP contribution is -2.36. The number of thiophene rings is 1. The molecule has 0 radical (unpaired) electrons. The highest BCUT2D eigenvalue weighted by atomic mass is 32.1. The van der Waals surface area contributed by atoms with E-state index >= 15 is 0 Å². The third-order valence-electron chi connectivity index (χ3n) is 3.08. The molecule has 18 heavy (non-hydrogen) atoms. The van der Waals surface area contributed by atoms with Crippen LogP contribution in [0.1, 0.15) is 30.7 Å². The van der Waals surface area contributed by atoms with Gasteiger partial charge < -0.3 is 15.4 Å². The van der Waals surface area contributed by atoms with Crippen molar-refractivity contribution in [3.05, 3.63) is 22.4 Å². The van der Waals surface area contributed by atoms with E-state index in [9.17, 15) is 4.79 Å². The van der Waals surface area contributed by atoms with E-state index in [1.807, 2.05) is 24.4 Å². The summed E-state index contributed by atoms with van der Waals surface area (Å²) in [7, 11) is 0. The predicted molar refractivity (Wildman–Crippen MR) is 72.7 cm³/mol. The number of rotatable bonds is 5. The summed E-state index contributed by atoms with van der Waals surface area (Å²) in [5.41, 5.74) is 0. The van der Waals surface area contributed by atoms with Gasteiger partial charge in [0.15, 0.2) is 0 Å². The molecule has 1 aromatic heterocycles. The maximum Gasteiger partial charge on any atom is 0.246 e. The van der Waals surface area contributed by atoms with Gasteiger partial charge in [-0.15, -0.1) is 11.3 Å². The van der Waals surface area contributed by atoms with E-state index in [2.05, 4.69) is 10.6 Å². The van der Waals surface area contributed by atoms with E-state index in [4.69, 9.17) is 4.74 Å². The second-order valence-electron chi connectivity index (χ2n) is 4.56. The van der Waals surface area contributed by atoms with Crippen molar-refractivity contribution in [2.24, 2.45) is 0 Å². The minimum Gasteiger partial charge on any atom is -0.368 e. The molecular weight excluding hydrogens is 248 g/mol. The fraction of sp³-hybridized carbons (Fsp3) is 0.615. The molecule has 1 aliphatic heterocycles. The normalized spacial score (nSPS) is 18.5. The van der Waals surface area contributed by atoms with Crippen molar-refractivity contribution in [3.8, 4) is 0 Å². The highest BCUT2D eigenvalue weighted by Crippen LogP contribution is 2.17. The number of carbonyl (C=O) groups excluding carboxylic acids is 1. The molecule has 100 valence electrons. The Balaban J connectivity index is 1.68. The van der Waals surface area contributed by atoms with Gasteiger partial charge >= 0.3 is 0 Å². The zero-order valence-electron chi connectivity index (χ0n) is 10.6. The van der Waals surface area contributed by atoms with Gasteiger partial charge in [-0.3, -0.25) is 4.79 Å². The van der Waals surface area contributed by atoms with Crippen molar-refractivity contribution in [1.82, 2.24) is 10.6 Å². The van der Waals surface area contributed by atoms with Crippen molar-refractivity contribution in [2.45, 2.75) is 31.9 Å². The molecular formula is C13H20N2O2S. The molecule has 1 aliphatic rings. The first-order valence-electron chi connectivity index (χ1n) is 6.41. The molecule has 2 heterocycles. The van der Waals surface area contributed by atoms with Gasteiger partial charge in [-0.05, 0) is 44.3 Å². The first-order chi connectivity index (χ1) is 8.75. The minimum atomic E-state index is -0.0329. The largest absolute Gasteiger partial charge is 0.368 e. The summed E-state index contributed by atoms with van der Waals surface area (Å²) in [4.78, 5) is 12.9. The van der Waals surface area contributed by atoms with E-state index in [-0.39, 0.29) is 24.7 Å². The number of ether oxygens (including phenoxy) is 1. The molecule has 0 aromatic carbocycles. The summed E-state index contributed by atoms with van der Waals surface area (Å²) in [5, 5.41) is 8.24. The molecule has 2 rings (SSSR count). The Labute approximate surface area is 112 Å². The van der Waals surface area contributed by atoms with Crippen molar-refractivity contribution in [3.63, 3.8) is 0 Å². The van der Waals surface area contributed by atoms with Crippen LogP contribution in [0.15, 0.2) is 17.5 Å². The van der Waals surface area contributed by atoms with Gasteiger partial charge in [-0.25, -0.2) is 0 Å². The van der Waals surface area contributed by atoms with Crippen molar-refractivity contribution in [2.75, 3.05) is 19.7 Å². The first kappa shape index (κ1) is 13.5. The second-order valence-corrected chi connectivity index (χ2v) is 5.54. The molecule has 4 nitrogen and oxygen atoms in total. The van der Waals surface area contributed by atoms with Crippen LogP contribution in [0.5, 0.6) is 0 Å². The summed E-state index contributed by atoms with van der Waals surface area (Å²) in [6.07, 6.45) is 2.22. The molecule has 1 aromatic rings. The Morgan fingerprint density at radius 1 is 1.61 bits per heavy atom. The van der Waals surface area contributed by atoms with Crippen LogP contribution in [0, 0.1) is 0 Å². The van der Waals surface area contributed by atoms with Crippen molar-refractivity contribution >= 4 is 17.2 Å². The topological polar surface area (TPSA) is 50.4 Å². The third-order valence-corrected chi connectivity index (χ3v) is 4.14. The molecule has 0 bridgehead atoms. The maximum absolute atomic E-state index is 11.7. The Morgan fingerprint density at radius 2 is 2.39 bits per heavy atom. The SMILES string of the molecule is C[C@@H](NC(=O)COC1CCNCC1)c1cccs1. The third kappa shape index (κ3) is 4.08. The lowest BCUT2D eigenvalue weighted by atomic mass is 10.1. The van der Waals surface area contributed by atoms with Gasteiger partial charge in [0.05, 0.1) is 12.1 Å². The van der Waals surface area contributed by atoms with Crippen LogP contribution in [0.3, 0.4) is 0 Å². The molecule has 5 heteroatoms. The number of carbonyl (C=O) groups is 1. The quantitative estimate of drug-likeness (QED) is 0.854. The van der Waals surface area contributed by atoms with Crippen LogP contribution in [0.25, 0.3) is 0 Å². The fourth-order valence-electron chi connectivity index (χ4n) is 2.05. The zero-order chi connectivity index (χ0) is 12.8. The lowest BCUT2D eigenvalue weighted by Gasteiger charge is -2.23. The molecule has 0 aliphatic carbocycles. The van der Waals surface area contributed by atoms with Crippen LogP contribution in [0.2, 0.25) is 0 Å². The molecule has 0 unspecified atom stereocenters. The smallest absolute Gasteiger partial charge is 0.246 e. The van der Waals surface area contributed by atoms with Gasteiger partial charge in [-0.2, -0.15) is 0 Å². The predicted octanol–water partition coefficient (Wildman–Crippen LogP) is 1.69. The fourth-order valence-corrected chi connectivity index (χ4v) is 2.78. The van der Waals surface area contributed by atoms with Crippen LogP contribution in [-0.4, -0.2) is 31.7 Å². The van der Waals surface area contributed by atoms with Crippen LogP contribution < -0.4 is 10.6 Å². The summed E-state index contributed by atoms with van der Waals surface area (Å²) in [6, 6.07) is 4.09. The molecule has 0 saturated carbocycles. The van der Waals surface area contributed by atoms with Crippen molar-refractivity contribution < 1.29 is 9.53 Å². The Bertz CT molecular complexity index is 361. The van der Waals surface area contributed by atoms with Crippen LogP contribution in [0.4, 0.5) is 0 Å². The Hall–Kier alpha value is -0.910. The number of nitrogens with one attached hydrogen (secondary N) is 2. The van der Waals surface area contributed by atoms with Crippen molar-refractivity contribution in [1.29, 1.82) is 0 Å². The second kappa shape index (κ2) is 6.87. The van der Waals surface area contributed by atoms with E-state index < -0.39 is 0 Å².